The number of aryl methyl sites for hydroxylation is 1. The van der Waals surface area contributed by atoms with Crippen LogP contribution in [0, 0.1) is 0 Å². The lowest BCUT2D eigenvalue weighted by atomic mass is 10.2. The van der Waals surface area contributed by atoms with E-state index in [2.05, 4.69) is 10.6 Å². The van der Waals surface area contributed by atoms with E-state index in [0.29, 0.717) is 42.5 Å². The van der Waals surface area contributed by atoms with E-state index in [-0.39, 0.29) is 0 Å². The number of carbonyl (C=O) groups excluding carboxylic acids is 3. The molecule has 1 aromatic heterocycles. The Kier molecular flexibility index (Phi) is 5.74. The van der Waals surface area contributed by atoms with Crippen molar-refractivity contribution >= 4 is 34.5 Å². The summed E-state index contributed by atoms with van der Waals surface area (Å²) >= 11 is 0. The number of fused-ring (bicyclic) bond motifs is 2. The van der Waals surface area contributed by atoms with Gasteiger partial charge in [0.2, 0.25) is 0 Å². The van der Waals surface area contributed by atoms with Crippen LogP contribution < -0.4 is 20.1 Å². The Morgan fingerprint density at radius 3 is 2.65 bits per heavy atom. The van der Waals surface area contributed by atoms with Gasteiger partial charge in [0.25, 0.3) is 5.91 Å². The first-order valence-corrected chi connectivity index (χ1v) is 9.80. The number of ether oxygens (including phenoxy) is 3. The third-order valence-electron chi connectivity index (χ3n) is 4.74. The highest BCUT2D eigenvalue weighted by atomic mass is 16.6. The zero-order chi connectivity index (χ0) is 21.8. The molecule has 160 valence electrons. The van der Waals surface area contributed by atoms with E-state index in [1.165, 1.54) is 0 Å². The molecule has 0 saturated heterocycles. The molecule has 3 amide bonds. The number of imide groups is 1. The Morgan fingerprint density at radius 2 is 1.84 bits per heavy atom. The van der Waals surface area contributed by atoms with Crippen molar-refractivity contribution in [2.45, 2.75) is 13.5 Å². The quantitative estimate of drug-likeness (QED) is 0.611. The number of nitrogens with zero attached hydrogens (tertiary/aromatic N) is 1. The molecule has 0 bridgehead atoms. The molecule has 0 saturated carbocycles. The van der Waals surface area contributed by atoms with Crippen LogP contribution in [0.4, 0.5) is 10.5 Å². The number of nitrogens with one attached hydrogen (secondary N) is 2. The molecule has 0 radical (unpaired) electrons. The van der Waals surface area contributed by atoms with Crippen molar-refractivity contribution in [3.05, 3.63) is 54.2 Å². The summed E-state index contributed by atoms with van der Waals surface area (Å²) in [5, 5.41) is 5.39. The lowest BCUT2D eigenvalue weighted by Gasteiger charge is -2.19. The van der Waals surface area contributed by atoms with E-state index in [0.717, 1.165) is 10.9 Å². The third-order valence-corrected chi connectivity index (χ3v) is 4.74. The van der Waals surface area contributed by atoms with Crippen LogP contribution in [0.15, 0.2) is 48.7 Å². The number of carbonyl (C=O) groups is 3. The molecule has 2 aromatic carbocycles. The summed E-state index contributed by atoms with van der Waals surface area (Å²) < 4.78 is 17.9. The van der Waals surface area contributed by atoms with Crippen LogP contribution in [0.3, 0.4) is 0 Å². The smallest absolute Gasteiger partial charge is 0.340 e. The van der Waals surface area contributed by atoms with E-state index in [4.69, 9.17) is 14.2 Å². The number of urea groups is 1. The van der Waals surface area contributed by atoms with Gasteiger partial charge in [-0.25, -0.2) is 9.59 Å². The largest absolute Gasteiger partial charge is 0.486 e. The number of hydrogen-bond donors (Lipinski definition) is 2. The molecule has 4 rings (SSSR count). The maximum absolute atomic E-state index is 12.5. The van der Waals surface area contributed by atoms with Crippen LogP contribution in [-0.4, -0.2) is 42.3 Å². The van der Waals surface area contributed by atoms with Gasteiger partial charge in [0.05, 0.1) is 5.56 Å². The number of amides is 3. The van der Waals surface area contributed by atoms with Gasteiger partial charge in [-0.3, -0.25) is 10.1 Å². The molecular formula is C22H21N3O6. The number of aromatic nitrogens is 1. The van der Waals surface area contributed by atoms with Crippen molar-refractivity contribution in [3.8, 4) is 11.5 Å². The second-order valence-electron chi connectivity index (χ2n) is 6.78. The molecule has 2 N–H and O–H groups in total. The predicted octanol–water partition coefficient (Wildman–Crippen LogP) is 2.94. The minimum Gasteiger partial charge on any atom is -0.486 e. The van der Waals surface area contributed by atoms with Crippen molar-refractivity contribution in [3.63, 3.8) is 0 Å². The van der Waals surface area contributed by atoms with Crippen molar-refractivity contribution in [1.29, 1.82) is 0 Å². The van der Waals surface area contributed by atoms with Gasteiger partial charge < -0.3 is 24.1 Å². The van der Waals surface area contributed by atoms with Gasteiger partial charge in [-0.05, 0) is 25.1 Å². The Hall–Kier alpha value is -4.01. The van der Waals surface area contributed by atoms with Gasteiger partial charge in [0, 0.05) is 35.4 Å². The Morgan fingerprint density at radius 1 is 1.06 bits per heavy atom. The summed E-state index contributed by atoms with van der Waals surface area (Å²) in [6.45, 7) is 2.96. The first-order chi connectivity index (χ1) is 15.0. The fourth-order valence-corrected chi connectivity index (χ4v) is 3.33. The lowest BCUT2D eigenvalue weighted by Crippen LogP contribution is -2.37. The van der Waals surface area contributed by atoms with E-state index < -0.39 is 24.5 Å². The molecular weight excluding hydrogens is 402 g/mol. The van der Waals surface area contributed by atoms with Gasteiger partial charge in [-0.1, -0.05) is 18.2 Å². The summed E-state index contributed by atoms with van der Waals surface area (Å²) in [6, 6.07) is 11.6. The van der Waals surface area contributed by atoms with Gasteiger partial charge in [-0.2, -0.15) is 0 Å². The van der Waals surface area contributed by atoms with Gasteiger partial charge in [0.15, 0.2) is 18.1 Å². The van der Waals surface area contributed by atoms with Crippen LogP contribution in [0.1, 0.15) is 17.3 Å². The van der Waals surface area contributed by atoms with Crippen LogP contribution in [0.5, 0.6) is 11.5 Å². The lowest BCUT2D eigenvalue weighted by molar-refractivity contribution is -0.123. The standard InChI is InChI=1S/C22H21N3O6/c1-2-25-12-16(15-5-3-4-6-17(15)25)21(27)31-13-20(26)24-22(28)23-14-7-8-18-19(11-14)30-10-9-29-18/h3-8,11-12H,2,9-10,13H2,1H3,(H2,23,24,26,28). The van der Waals surface area contributed by atoms with Crippen molar-refractivity contribution in [1.82, 2.24) is 9.88 Å². The molecule has 9 nitrogen and oxygen atoms in total. The van der Waals surface area contributed by atoms with Crippen LogP contribution in [0.25, 0.3) is 10.9 Å². The van der Waals surface area contributed by atoms with Crippen LogP contribution in [0.2, 0.25) is 0 Å². The highest BCUT2D eigenvalue weighted by Gasteiger charge is 2.18. The maximum Gasteiger partial charge on any atom is 0.340 e. The zero-order valence-corrected chi connectivity index (χ0v) is 16.8. The minimum absolute atomic E-state index is 0.367. The predicted molar refractivity (Wildman–Crippen MR) is 112 cm³/mol. The van der Waals surface area contributed by atoms with Gasteiger partial charge in [-0.15, -0.1) is 0 Å². The average molecular weight is 423 g/mol. The molecule has 1 aliphatic rings. The van der Waals surface area contributed by atoms with Crippen molar-refractivity contribution in [2.75, 3.05) is 25.1 Å². The average Bonchev–Trinajstić information content (AvgIpc) is 3.16. The highest BCUT2D eigenvalue weighted by Crippen LogP contribution is 2.32. The molecule has 31 heavy (non-hydrogen) atoms. The Bertz CT molecular complexity index is 1150. The second-order valence-corrected chi connectivity index (χ2v) is 6.78. The summed E-state index contributed by atoms with van der Waals surface area (Å²) in [4.78, 5) is 36.6. The Labute approximate surface area is 177 Å². The molecule has 1 aliphatic heterocycles. The van der Waals surface area contributed by atoms with E-state index in [1.807, 2.05) is 35.8 Å². The maximum atomic E-state index is 12.5. The molecule has 3 aromatic rings. The highest BCUT2D eigenvalue weighted by molar-refractivity contribution is 6.06. The number of hydrogen-bond acceptors (Lipinski definition) is 6. The second kappa shape index (κ2) is 8.78. The zero-order valence-electron chi connectivity index (χ0n) is 16.8. The summed E-state index contributed by atoms with van der Waals surface area (Å²) in [5.74, 6) is -0.284. The summed E-state index contributed by atoms with van der Waals surface area (Å²) in [6.07, 6.45) is 1.69. The number of benzene rings is 2. The molecule has 0 atom stereocenters. The molecule has 0 unspecified atom stereocenters. The SMILES string of the molecule is CCn1cc(C(=O)OCC(=O)NC(=O)Nc2ccc3c(c2)OCCO3)c2ccccc21. The molecule has 0 spiro atoms. The van der Waals surface area contributed by atoms with Crippen molar-refractivity contribution in [2.24, 2.45) is 0 Å². The molecule has 0 aliphatic carbocycles. The van der Waals surface area contributed by atoms with Crippen LogP contribution >= 0.6 is 0 Å². The fourth-order valence-electron chi connectivity index (χ4n) is 3.33. The first-order valence-electron chi connectivity index (χ1n) is 9.80. The number of para-hydroxylation sites is 1. The number of rotatable bonds is 5. The van der Waals surface area contributed by atoms with Crippen molar-refractivity contribution < 1.29 is 28.6 Å². The van der Waals surface area contributed by atoms with Gasteiger partial charge in [0.1, 0.15) is 13.2 Å². The van der Waals surface area contributed by atoms with E-state index in [1.54, 1.807) is 24.4 Å². The molecule has 2 heterocycles. The summed E-state index contributed by atoms with van der Waals surface area (Å²) in [7, 11) is 0. The van der Waals surface area contributed by atoms with E-state index >= 15 is 0 Å². The van der Waals surface area contributed by atoms with E-state index in [9.17, 15) is 14.4 Å². The number of esters is 1. The first kappa shape index (κ1) is 20.3. The monoisotopic (exact) mass is 423 g/mol. The van der Waals surface area contributed by atoms with Gasteiger partial charge >= 0.3 is 12.0 Å². The fraction of sp³-hybridized carbons (Fsp3) is 0.227. The van der Waals surface area contributed by atoms with Crippen LogP contribution in [-0.2, 0) is 16.1 Å². The third kappa shape index (κ3) is 4.45. The Balaban J connectivity index is 1.32. The molecule has 0 fully saturated rings. The molecule has 9 heteroatoms. The number of anilines is 1. The topological polar surface area (TPSA) is 108 Å². The minimum atomic E-state index is -0.750. The normalized spacial score (nSPS) is 12.3. The summed E-state index contributed by atoms with van der Waals surface area (Å²) in [5.41, 5.74) is 1.70.